The first-order valence-electron chi connectivity index (χ1n) is 8.72. The van der Waals surface area contributed by atoms with Crippen molar-refractivity contribution >= 4 is 33.2 Å². The summed E-state index contributed by atoms with van der Waals surface area (Å²) in [5.41, 5.74) is 1.95. The zero-order valence-corrected chi connectivity index (χ0v) is 16.6. The van der Waals surface area contributed by atoms with Gasteiger partial charge in [-0.05, 0) is 48.6 Å². The number of nitrogens with zero attached hydrogens (tertiary/aromatic N) is 1. The minimum absolute atomic E-state index is 0.0149. The van der Waals surface area contributed by atoms with E-state index in [2.05, 4.69) is 38.4 Å². The van der Waals surface area contributed by atoms with E-state index in [4.69, 9.17) is 4.42 Å². The third kappa shape index (κ3) is 3.91. The number of furan rings is 1. The second-order valence-corrected chi connectivity index (χ2v) is 8.36. The van der Waals surface area contributed by atoms with Gasteiger partial charge in [0.25, 0.3) is 0 Å². The maximum absolute atomic E-state index is 12.6. The van der Waals surface area contributed by atoms with E-state index in [-0.39, 0.29) is 18.4 Å². The molecule has 2 heterocycles. The number of amides is 1. The molecule has 1 aliphatic rings. The van der Waals surface area contributed by atoms with Gasteiger partial charge < -0.3 is 9.73 Å². The molecule has 3 aromatic rings. The molecule has 0 radical (unpaired) electrons. The molecule has 1 fully saturated rings. The molecule has 0 saturated heterocycles. The fourth-order valence-corrected chi connectivity index (χ4v) is 4.26. The van der Waals surface area contributed by atoms with Crippen molar-refractivity contribution in [1.82, 2.24) is 10.3 Å². The number of aromatic nitrogens is 1. The minimum Gasteiger partial charge on any atom is -0.462 e. The van der Waals surface area contributed by atoms with Crippen LogP contribution in [0.2, 0.25) is 0 Å². The van der Waals surface area contributed by atoms with Crippen LogP contribution in [-0.2, 0) is 11.2 Å². The van der Waals surface area contributed by atoms with Gasteiger partial charge in [0.05, 0.1) is 24.4 Å². The van der Waals surface area contributed by atoms with Crippen LogP contribution in [0.4, 0.5) is 0 Å². The summed E-state index contributed by atoms with van der Waals surface area (Å²) in [5.74, 6) is 1.28. The maximum atomic E-state index is 12.6. The number of carbonyl (C=O) groups excluding carboxylic acids is 1. The van der Waals surface area contributed by atoms with E-state index < -0.39 is 0 Å². The number of rotatable bonds is 6. The summed E-state index contributed by atoms with van der Waals surface area (Å²) in [6.45, 7) is 0. The molecule has 1 amide bonds. The molecule has 1 N–H and O–H groups in total. The lowest BCUT2D eigenvalue weighted by molar-refractivity contribution is -0.121. The van der Waals surface area contributed by atoms with Crippen LogP contribution in [0.25, 0.3) is 10.8 Å². The average Bonchev–Trinajstić information content (AvgIpc) is 3.24. The predicted molar refractivity (Wildman–Crippen MR) is 106 cm³/mol. The van der Waals surface area contributed by atoms with Crippen molar-refractivity contribution in [2.24, 2.45) is 5.92 Å². The van der Waals surface area contributed by atoms with Crippen LogP contribution in [0.5, 0.6) is 0 Å². The molecule has 0 spiro atoms. The maximum Gasteiger partial charge on any atom is 0.226 e. The number of carbonyl (C=O) groups is 1. The normalized spacial score (nSPS) is 15.4. The number of benzene rings is 1. The van der Waals surface area contributed by atoms with E-state index in [1.54, 1.807) is 6.26 Å². The van der Waals surface area contributed by atoms with Gasteiger partial charge in [0, 0.05) is 9.85 Å². The van der Waals surface area contributed by atoms with Crippen molar-refractivity contribution in [3.05, 3.63) is 63.8 Å². The average molecular weight is 431 g/mol. The van der Waals surface area contributed by atoms with Gasteiger partial charge in [-0.3, -0.25) is 4.79 Å². The SMILES string of the molecule is O=C(Cc1csc(-c2ccco2)n1)NC(c1ccc(Br)cc1)C1CCC1. The summed E-state index contributed by atoms with van der Waals surface area (Å²) in [6.07, 6.45) is 5.49. The lowest BCUT2D eigenvalue weighted by Gasteiger charge is -2.34. The summed E-state index contributed by atoms with van der Waals surface area (Å²) < 4.78 is 6.42. The van der Waals surface area contributed by atoms with Gasteiger partial charge >= 0.3 is 0 Å². The van der Waals surface area contributed by atoms with Crippen LogP contribution in [-0.4, -0.2) is 10.9 Å². The molecule has 26 heavy (non-hydrogen) atoms. The van der Waals surface area contributed by atoms with Gasteiger partial charge in [0.1, 0.15) is 0 Å². The molecule has 1 unspecified atom stereocenters. The van der Waals surface area contributed by atoms with E-state index >= 15 is 0 Å². The molecule has 1 saturated carbocycles. The van der Waals surface area contributed by atoms with Gasteiger partial charge in [-0.15, -0.1) is 11.3 Å². The Morgan fingerprint density at radius 3 is 2.77 bits per heavy atom. The zero-order chi connectivity index (χ0) is 17.9. The molecular formula is C20H19BrN2O2S. The van der Waals surface area contributed by atoms with Crippen molar-refractivity contribution < 1.29 is 9.21 Å². The summed E-state index contributed by atoms with van der Waals surface area (Å²) in [6, 6.07) is 12.0. The Bertz CT molecular complexity index is 870. The van der Waals surface area contributed by atoms with Crippen molar-refractivity contribution in [3.63, 3.8) is 0 Å². The van der Waals surface area contributed by atoms with E-state index in [0.29, 0.717) is 5.92 Å². The molecule has 1 aliphatic carbocycles. The Morgan fingerprint density at radius 1 is 1.31 bits per heavy atom. The summed E-state index contributed by atoms with van der Waals surface area (Å²) in [4.78, 5) is 17.1. The Labute approximate surface area is 164 Å². The third-order valence-corrected chi connectivity index (χ3v) is 6.23. The molecule has 2 aromatic heterocycles. The van der Waals surface area contributed by atoms with Gasteiger partial charge in [0.2, 0.25) is 5.91 Å². The predicted octanol–water partition coefficient (Wildman–Crippen LogP) is 5.37. The fraction of sp³-hybridized carbons (Fsp3) is 0.300. The molecule has 134 valence electrons. The largest absolute Gasteiger partial charge is 0.462 e. The van der Waals surface area contributed by atoms with Crippen molar-refractivity contribution in [1.29, 1.82) is 0 Å². The van der Waals surface area contributed by atoms with Gasteiger partial charge in [-0.2, -0.15) is 0 Å². The van der Waals surface area contributed by atoms with E-state index in [9.17, 15) is 4.79 Å². The lowest BCUT2D eigenvalue weighted by atomic mass is 9.77. The van der Waals surface area contributed by atoms with E-state index in [0.717, 1.165) is 20.9 Å². The number of nitrogens with one attached hydrogen (secondary N) is 1. The van der Waals surface area contributed by atoms with Crippen LogP contribution in [0.15, 0.2) is 56.9 Å². The summed E-state index contributed by atoms with van der Waals surface area (Å²) >= 11 is 4.97. The van der Waals surface area contributed by atoms with Crippen LogP contribution in [0, 0.1) is 5.92 Å². The first-order chi connectivity index (χ1) is 12.7. The molecular weight excluding hydrogens is 412 g/mol. The first kappa shape index (κ1) is 17.5. The minimum atomic E-state index is 0.0149. The third-order valence-electron chi connectivity index (χ3n) is 4.79. The van der Waals surface area contributed by atoms with Crippen LogP contribution >= 0.6 is 27.3 Å². The van der Waals surface area contributed by atoms with Crippen molar-refractivity contribution in [2.45, 2.75) is 31.7 Å². The monoisotopic (exact) mass is 430 g/mol. The number of hydrogen-bond acceptors (Lipinski definition) is 4. The lowest BCUT2D eigenvalue weighted by Crippen LogP contribution is -2.37. The standard InChI is InChI=1S/C20H19BrN2O2S/c21-15-8-6-14(7-9-15)19(13-3-1-4-13)23-18(24)11-16-12-26-20(22-16)17-5-2-10-25-17/h2,5-10,12-13,19H,1,3-4,11H2,(H,23,24). The molecule has 4 nitrogen and oxygen atoms in total. The molecule has 0 bridgehead atoms. The Morgan fingerprint density at radius 2 is 2.12 bits per heavy atom. The summed E-state index contributed by atoms with van der Waals surface area (Å²) in [5, 5.41) is 5.97. The molecule has 1 aromatic carbocycles. The quantitative estimate of drug-likeness (QED) is 0.571. The number of thiazole rings is 1. The van der Waals surface area contributed by atoms with Crippen LogP contribution in [0.3, 0.4) is 0 Å². The van der Waals surface area contributed by atoms with E-state index in [1.807, 2.05) is 29.6 Å². The molecule has 1 atom stereocenters. The number of halogens is 1. The van der Waals surface area contributed by atoms with Gasteiger partial charge in [-0.25, -0.2) is 4.98 Å². The first-order valence-corrected chi connectivity index (χ1v) is 10.4. The Hall–Kier alpha value is -1.92. The fourth-order valence-electron chi connectivity index (χ4n) is 3.21. The summed E-state index contributed by atoms with van der Waals surface area (Å²) in [7, 11) is 0. The highest BCUT2D eigenvalue weighted by atomic mass is 79.9. The molecule has 0 aliphatic heterocycles. The van der Waals surface area contributed by atoms with Crippen molar-refractivity contribution in [3.8, 4) is 10.8 Å². The topological polar surface area (TPSA) is 55.1 Å². The van der Waals surface area contributed by atoms with E-state index in [1.165, 1.54) is 36.2 Å². The Kier molecular flexibility index (Phi) is 5.22. The highest BCUT2D eigenvalue weighted by Crippen LogP contribution is 2.38. The Balaban J connectivity index is 1.44. The van der Waals surface area contributed by atoms with Gasteiger partial charge in [0.15, 0.2) is 10.8 Å². The smallest absolute Gasteiger partial charge is 0.226 e. The second kappa shape index (κ2) is 7.76. The zero-order valence-electron chi connectivity index (χ0n) is 14.2. The van der Waals surface area contributed by atoms with Gasteiger partial charge in [-0.1, -0.05) is 34.5 Å². The number of hydrogen-bond donors (Lipinski definition) is 1. The second-order valence-electron chi connectivity index (χ2n) is 6.59. The molecule has 6 heteroatoms. The highest BCUT2D eigenvalue weighted by molar-refractivity contribution is 9.10. The van der Waals surface area contributed by atoms with Crippen molar-refractivity contribution in [2.75, 3.05) is 0 Å². The highest BCUT2D eigenvalue weighted by Gasteiger charge is 2.29. The van der Waals surface area contributed by atoms with Crippen LogP contribution in [0.1, 0.15) is 36.6 Å². The van der Waals surface area contributed by atoms with Crippen LogP contribution < -0.4 is 5.32 Å². The molecule has 4 rings (SSSR count).